The van der Waals surface area contributed by atoms with Crippen LogP contribution in [0.25, 0.3) is 0 Å². The minimum Gasteiger partial charge on any atom is -0.493 e. The highest BCUT2D eigenvalue weighted by Gasteiger charge is 2.25. The fourth-order valence-corrected chi connectivity index (χ4v) is 3.87. The largest absolute Gasteiger partial charge is 0.493 e. The van der Waals surface area contributed by atoms with Crippen molar-refractivity contribution in [2.45, 2.75) is 52.0 Å². The molecule has 0 aromatic heterocycles. The highest BCUT2D eigenvalue weighted by molar-refractivity contribution is 9.10. The topological polar surface area (TPSA) is 21.3 Å². The molecule has 1 aliphatic rings. The van der Waals surface area contributed by atoms with E-state index in [9.17, 15) is 0 Å². The maximum absolute atomic E-state index is 6.15. The van der Waals surface area contributed by atoms with E-state index in [2.05, 4.69) is 35.1 Å². The van der Waals surface area contributed by atoms with Crippen LogP contribution in [0.4, 0.5) is 5.69 Å². The van der Waals surface area contributed by atoms with E-state index >= 15 is 0 Å². The smallest absolute Gasteiger partial charge is 0.156 e. The van der Waals surface area contributed by atoms with Gasteiger partial charge in [0, 0.05) is 11.1 Å². The third-order valence-corrected chi connectivity index (χ3v) is 4.96. The van der Waals surface area contributed by atoms with Crippen LogP contribution in [0.1, 0.15) is 46.0 Å². The quantitative estimate of drug-likeness (QED) is 0.679. The second kappa shape index (κ2) is 6.57. The number of rotatable bonds is 3. The van der Waals surface area contributed by atoms with Crippen molar-refractivity contribution in [1.29, 1.82) is 0 Å². The number of halogens is 2. The molecule has 0 heterocycles. The first-order chi connectivity index (χ1) is 9.41. The molecule has 1 fully saturated rings. The van der Waals surface area contributed by atoms with Crippen LogP contribution >= 0.6 is 27.5 Å². The lowest BCUT2D eigenvalue weighted by Crippen LogP contribution is -2.19. The molecule has 1 atom stereocenters. The Labute approximate surface area is 135 Å². The Morgan fingerprint density at radius 3 is 2.75 bits per heavy atom. The van der Waals surface area contributed by atoms with E-state index in [1.54, 1.807) is 7.11 Å². The molecule has 1 aliphatic carbocycles. The molecule has 20 heavy (non-hydrogen) atoms. The fraction of sp³-hybridized carbons (Fsp3) is 0.625. The molecule has 0 bridgehead atoms. The van der Waals surface area contributed by atoms with Gasteiger partial charge in [-0.3, -0.25) is 0 Å². The van der Waals surface area contributed by atoms with Crippen molar-refractivity contribution >= 4 is 33.2 Å². The maximum atomic E-state index is 6.15. The summed E-state index contributed by atoms with van der Waals surface area (Å²) in [5.41, 5.74) is 1.45. The first-order valence-electron chi connectivity index (χ1n) is 7.21. The molecule has 0 radical (unpaired) electrons. The average Bonchev–Trinajstić information content (AvgIpc) is 2.50. The Kier molecular flexibility index (Phi) is 5.25. The predicted molar refractivity (Wildman–Crippen MR) is 90.0 cm³/mol. The van der Waals surface area contributed by atoms with Gasteiger partial charge in [0.2, 0.25) is 0 Å². The molecule has 1 unspecified atom stereocenters. The van der Waals surface area contributed by atoms with E-state index in [1.165, 1.54) is 32.1 Å². The minimum absolute atomic E-state index is 0.468. The Hall–Kier alpha value is -0.410. The van der Waals surface area contributed by atoms with Crippen molar-refractivity contribution in [2.75, 3.05) is 12.4 Å². The van der Waals surface area contributed by atoms with E-state index in [0.717, 1.165) is 15.9 Å². The van der Waals surface area contributed by atoms with Gasteiger partial charge in [-0.05, 0) is 59.2 Å². The lowest BCUT2D eigenvalue weighted by atomic mass is 9.85. The van der Waals surface area contributed by atoms with Crippen LogP contribution < -0.4 is 10.1 Å². The van der Waals surface area contributed by atoms with Gasteiger partial charge in [-0.2, -0.15) is 0 Å². The second-order valence-electron chi connectivity index (χ2n) is 6.40. The van der Waals surface area contributed by atoms with E-state index in [1.807, 2.05) is 12.1 Å². The van der Waals surface area contributed by atoms with Crippen LogP contribution in [0.5, 0.6) is 5.75 Å². The first-order valence-corrected chi connectivity index (χ1v) is 8.38. The van der Waals surface area contributed by atoms with E-state index in [-0.39, 0.29) is 0 Å². The van der Waals surface area contributed by atoms with Gasteiger partial charge in [-0.1, -0.05) is 31.9 Å². The molecule has 1 saturated carbocycles. The van der Waals surface area contributed by atoms with E-state index in [4.69, 9.17) is 16.3 Å². The molecule has 2 nitrogen and oxygen atoms in total. The molecule has 112 valence electrons. The molecule has 0 amide bonds. The first kappa shape index (κ1) is 16.0. The fourth-order valence-electron chi connectivity index (χ4n) is 2.90. The number of hydrogen-bond donors (Lipinski definition) is 1. The Bertz CT molecular complexity index is 476. The van der Waals surface area contributed by atoms with Crippen molar-refractivity contribution in [3.63, 3.8) is 0 Å². The number of anilines is 1. The summed E-state index contributed by atoms with van der Waals surface area (Å²) in [6.07, 6.45) is 6.24. The number of ether oxygens (including phenoxy) is 1. The predicted octanol–water partition coefficient (Wildman–Crippen LogP) is 5.88. The van der Waals surface area contributed by atoms with Crippen LogP contribution in [0, 0.1) is 5.41 Å². The number of benzene rings is 1. The van der Waals surface area contributed by atoms with Crippen molar-refractivity contribution in [3.8, 4) is 5.75 Å². The molecule has 4 heteroatoms. The third kappa shape index (κ3) is 4.05. The Morgan fingerprint density at radius 1 is 1.30 bits per heavy atom. The number of nitrogens with one attached hydrogen (secondary N) is 1. The number of hydrogen-bond acceptors (Lipinski definition) is 2. The summed E-state index contributed by atoms with van der Waals surface area (Å²) in [4.78, 5) is 0. The summed E-state index contributed by atoms with van der Waals surface area (Å²) >= 11 is 9.66. The van der Waals surface area contributed by atoms with Crippen molar-refractivity contribution < 1.29 is 4.74 Å². The average molecular weight is 361 g/mol. The highest BCUT2D eigenvalue weighted by atomic mass is 79.9. The Morgan fingerprint density at radius 2 is 2.05 bits per heavy atom. The van der Waals surface area contributed by atoms with Crippen LogP contribution in [0.2, 0.25) is 5.02 Å². The molecule has 0 aliphatic heterocycles. The van der Waals surface area contributed by atoms with Crippen molar-refractivity contribution in [3.05, 3.63) is 21.6 Å². The second-order valence-corrected chi connectivity index (χ2v) is 7.70. The number of methoxy groups -OCH3 is 1. The zero-order chi connectivity index (χ0) is 14.8. The Balaban J connectivity index is 2.13. The summed E-state index contributed by atoms with van der Waals surface area (Å²) in [5, 5.41) is 4.34. The van der Waals surface area contributed by atoms with Gasteiger partial charge >= 0.3 is 0 Å². The van der Waals surface area contributed by atoms with Crippen LogP contribution in [-0.4, -0.2) is 13.2 Å². The molecule has 1 aromatic carbocycles. The standard InChI is InChI=1S/C16H23BrClNO/c1-16(2)7-4-5-12(6-8-16)19-14-10-11(18)9-13(17)15(14)20-3/h9-10,12,19H,4-8H2,1-3H3. The normalized spacial score (nSPS) is 22.1. The zero-order valence-electron chi connectivity index (χ0n) is 12.4. The van der Waals surface area contributed by atoms with Crippen molar-refractivity contribution in [1.82, 2.24) is 0 Å². The molecule has 0 saturated heterocycles. The van der Waals surface area contributed by atoms with Gasteiger partial charge in [0.25, 0.3) is 0 Å². The van der Waals surface area contributed by atoms with Crippen molar-refractivity contribution in [2.24, 2.45) is 5.41 Å². The van der Waals surface area contributed by atoms with E-state index < -0.39 is 0 Å². The summed E-state index contributed by atoms with van der Waals surface area (Å²) < 4.78 is 6.37. The van der Waals surface area contributed by atoms with Crippen LogP contribution in [0.3, 0.4) is 0 Å². The van der Waals surface area contributed by atoms with Crippen LogP contribution in [-0.2, 0) is 0 Å². The lowest BCUT2D eigenvalue weighted by molar-refractivity contribution is 0.313. The monoisotopic (exact) mass is 359 g/mol. The lowest BCUT2D eigenvalue weighted by Gasteiger charge is -2.23. The molecule has 0 spiro atoms. The summed E-state index contributed by atoms with van der Waals surface area (Å²) in [5.74, 6) is 0.831. The van der Waals surface area contributed by atoms with Gasteiger partial charge in [0.1, 0.15) is 0 Å². The summed E-state index contributed by atoms with van der Waals surface area (Å²) in [6, 6.07) is 4.30. The van der Waals surface area contributed by atoms with Gasteiger partial charge in [0.15, 0.2) is 5.75 Å². The van der Waals surface area contributed by atoms with Gasteiger partial charge in [0.05, 0.1) is 17.3 Å². The highest BCUT2D eigenvalue weighted by Crippen LogP contribution is 2.39. The van der Waals surface area contributed by atoms with Gasteiger partial charge in [-0.25, -0.2) is 0 Å². The molecular weight excluding hydrogens is 338 g/mol. The summed E-state index contributed by atoms with van der Waals surface area (Å²) in [6.45, 7) is 4.73. The molecular formula is C16H23BrClNO. The summed E-state index contributed by atoms with van der Waals surface area (Å²) in [7, 11) is 1.69. The van der Waals surface area contributed by atoms with Gasteiger partial charge < -0.3 is 10.1 Å². The third-order valence-electron chi connectivity index (χ3n) is 4.15. The molecule has 1 N–H and O–H groups in total. The zero-order valence-corrected chi connectivity index (χ0v) is 14.8. The maximum Gasteiger partial charge on any atom is 0.156 e. The molecule has 1 aromatic rings. The van der Waals surface area contributed by atoms with Gasteiger partial charge in [-0.15, -0.1) is 0 Å². The molecule has 2 rings (SSSR count). The van der Waals surface area contributed by atoms with Crippen LogP contribution in [0.15, 0.2) is 16.6 Å². The SMILES string of the molecule is COc1c(Br)cc(Cl)cc1NC1CCCC(C)(C)CC1. The minimum atomic E-state index is 0.468. The van der Waals surface area contributed by atoms with E-state index in [0.29, 0.717) is 16.5 Å².